The quantitative estimate of drug-likeness (QED) is 0.347. The lowest BCUT2D eigenvalue weighted by atomic mass is 9.95. The molecule has 1 fully saturated rings. The number of nitrogens with zero attached hydrogens (tertiary/aromatic N) is 2. The second-order valence-electron chi connectivity index (χ2n) is 8.16. The highest BCUT2D eigenvalue weighted by Gasteiger charge is 2.47. The lowest BCUT2D eigenvalue weighted by molar-refractivity contribution is -0.132. The number of hydrogen-bond acceptors (Lipinski definition) is 7. The molecule has 1 saturated heterocycles. The average Bonchev–Trinajstić information content (AvgIpc) is 3.41. The summed E-state index contributed by atoms with van der Waals surface area (Å²) in [6, 6.07) is 16.1. The molecule has 1 atom stereocenters. The molecule has 1 aromatic heterocycles. The highest BCUT2D eigenvalue weighted by Crippen LogP contribution is 2.44. The lowest BCUT2D eigenvalue weighted by Crippen LogP contribution is -2.30. The van der Waals surface area contributed by atoms with Crippen LogP contribution in [0, 0.1) is 0 Å². The van der Waals surface area contributed by atoms with Crippen LogP contribution in [0.25, 0.3) is 5.76 Å². The molecule has 0 spiro atoms. The van der Waals surface area contributed by atoms with Crippen molar-refractivity contribution in [1.82, 2.24) is 4.98 Å². The fourth-order valence-electron chi connectivity index (χ4n) is 4.08. The van der Waals surface area contributed by atoms with Gasteiger partial charge in [-0.3, -0.25) is 14.5 Å². The van der Waals surface area contributed by atoms with E-state index in [4.69, 9.17) is 14.2 Å². The number of anilines is 1. The summed E-state index contributed by atoms with van der Waals surface area (Å²) in [7, 11) is 0. The molecule has 0 aliphatic carbocycles. The zero-order valence-corrected chi connectivity index (χ0v) is 18.6. The van der Waals surface area contributed by atoms with Gasteiger partial charge < -0.3 is 19.3 Å². The molecule has 34 heavy (non-hydrogen) atoms. The zero-order chi connectivity index (χ0) is 23.8. The average molecular weight is 458 g/mol. The fourth-order valence-corrected chi connectivity index (χ4v) is 4.08. The van der Waals surface area contributed by atoms with E-state index in [9.17, 15) is 14.7 Å². The van der Waals surface area contributed by atoms with E-state index in [1.165, 1.54) is 4.90 Å². The molecule has 2 aromatic carbocycles. The fraction of sp³-hybridized carbons (Fsp3) is 0.192. The Morgan fingerprint density at radius 3 is 2.53 bits per heavy atom. The van der Waals surface area contributed by atoms with Gasteiger partial charge in [0.25, 0.3) is 5.78 Å². The molecule has 0 radical (unpaired) electrons. The van der Waals surface area contributed by atoms with Crippen LogP contribution in [0.1, 0.15) is 31.0 Å². The molecule has 3 aromatic rings. The number of aliphatic hydroxyl groups excluding tert-OH is 1. The molecule has 2 aliphatic heterocycles. The van der Waals surface area contributed by atoms with E-state index in [0.29, 0.717) is 34.2 Å². The minimum absolute atomic E-state index is 0.00542. The molecule has 8 nitrogen and oxygen atoms in total. The van der Waals surface area contributed by atoms with Gasteiger partial charge in [-0.05, 0) is 67.9 Å². The monoisotopic (exact) mass is 458 g/mol. The Labute approximate surface area is 196 Å². The van der Waals surface area contributed by atoms with Crippen LogP contribution in [0.4, 0.5) is 5.82 Å². The summed E-state index contributed by atoms with van der Waals surface area (Å²) in [6.45, 7) is 3.92. The first-order chi connectivity index (χ1) is 16.4. The van der Waals surface area contributed by atoms with Crippen LogP contribution < -0.4 is 19.1 Å². The van der Waals surface area contributed by atoms with Gasteiger partial charge in [0.15, 0.2) is 11.5 Å². The Hall–Kier alpha value is -4.33. The summed E-state index contributed by atoms with van der Waals surface area (Å²) in [5.41, 5.74) is 0.934. The smallest absolute Gasteiger partial charge is 0.301 e. The Morgan fingerprint density at radius 2 is 1.82 bits per heavy atom. The second kappa shape index (κ2) is 8.55. The van der Waals surface area contributed by atoms with Crippen molar-refractivity contribution in [2.45, 2.75) is 26.0 Å². The molecule has 0 bridgehead atoms. The predicted molar refractivity (Wildman–Crippen MR) is 124 cm³/mol. The molecule has 172 valence electrons. The number of benzene rings is 2. The molecular formula is C26H22N2O6. The predicted octanol–water partition coefficient (Wildman–Crippen LogP) is 4.22. The SMILES string of the molecule is CC(C)Oc1ccc(/C(O)=C2/C(=O)C(=O)N(c3ccccn3)C2c2ccc3c(c2)OCO3)cc1. The van der Waals surface area contributed by atoms with Crippen LogP contribution in [0.5, 0.6) is 17.2 Å². The number of hydrogen-bond donors (Lipinski definition) is 1. The topological polar surface area (TPSA) is 98.2 Å². The van der Waals surface area contributed by atoms with Gasteiger partial charge >= 0.3 is 5.91 Å². The first-order valence-electron chi connectivity index (χ1n) is 10.8. The van der Waals surface area contributed by atoms with E-state index in [0.717, 1.165) is 0 Å². The van der Waals surface area contributed by atoms with Crippen molar-refractivity contribution in [3.63, 3.8) is 0 Å². The number of fused-ring (bicyclic) bond motifs is 1. The molecule has 2 aliphatic rings. The van der Waals surface area contributed by atoms with Gasteiger partial charge in [-0.2, -0.15) is 0 Å². The van der Waals surface area contributed by atoms with Crippen molar-refractivity contribution >= 4 is 23.3 Å². The lowest BCUT2D eigenvalue weighted by Gasteiger charge is -2.24. The summed E-state index contributed by atoms with van der Waals surface area (Å²) < 4.78 is 16.6. The summed E-state index contributed by atoms with van der Waals surface area (Å²) >= 11 is 0. The Kier molecular flexibility index (Phi) is 5.41. The Balaban J connectivity index is 1.65. The van der Waals surface area contributed by atoms with E-state index in [2.05, 4.69) is 4.98 Å². The molecule has 5 rings (SSSR count). The summed E-state index contributed by atoms with van der Waals surface area (Å²) in [5.74, 6) is 0.143. The van der Waals surface area contributed by atoms with E-state index < -0.39 is 17.7 Å². The molecule has 1 unspecified atom stereocenters. The maximum absolute atomic E-state index is 13.2. The van der Waals surface area contributed by atoms with Gasteiger partial charge in [-0.1, -0.05) is 12.1 Å². The van der Waals surface area contributed by atoms with E-state index in [-0.39, 0.29) is 24.2 Å². The minimum atomic E-state index is -0.906. The number of aromatic nitrogens is 1. The van der Waals surface area contributed by atoms with Gasteiger partial charge in [-0.25, -0.2) is 4.98 Å². The number of ether oxygens (including phenoxy) is 3. The van der Waals surface area contributed by atoms with Crippen LogP contribution in [0.3, 0.4) is 0 Å². The van der Waals surface area contributed by atoms with E-state index >= 15 is 0 Å². The summed E-state index contributed by atoms with van der Waals surface area (Å²) in [6.07, 6.45) is 1.54. The number of pyridine rings is 1. The van der Waals surface area contributed by atoms with Crippen molar-refractivity contribution in [3.05, 3.63) is 83.6 Å². The largest absolute Gasteiger partial charge is 0.507 e. The minimum Gasteiger partial charge on any atom is -0.507 e. The highest BCUT2D eigenvalue weighted by molar-refractivity contribution is 6.51. The number of carbonyl (C=O) groups is 2. The highest BCUT2D eigenvalue weighted by atomic mass is 16.7. The number of carbonyl (C=O) groups excluding carboxylic acids is 2. The van der Waals surface area contributed by atoms with Crippen LogP contribution in [0.2, 0.25) is 0 Å². The Bertz CT molecular complexity index is 1280. The van der Waals surface area contributed by atoms with Gasteiger partial charge in [0.1, 0.15) is 17.3 Å². The number of amides is 1. The van der Waals surface area contributed by atoms with Gasteiger partial charge in [0.2, 0.25) is 6.79 Å². The maximum Gasteiger partial charge on any atom is 0.301 e. The number of ketones is 1. The second-order valence-corrected chi connectivity index (χ2v) is 8.16. The van der Waals surface area contributed by atoms with Crippen LogP contribution in [-0.2, 0) is 9.59 Å². The first-order valence-corrected chi connectivity index (χ1v) is 10.8. The number of Topliss-reactive ketones (excluding diaryl/α,β-unsaturated/α-hetero) is 1. The first kappa shape index (κ1) is 21.5. The van der Waals surface area contributed by atoms with Gasteiger partial charge in [0, 0.05) is 11.8 Å². The molecule has 3 heterocycles. The van der Waals surface area contributed by atoms with Crippen LogP contribution in [0.15, 0.2) is 72.4 Å². The third kappa shape index (κ3) is 3.73. The molecule has 1 amide bonds. The van der Waals surface area contributed by atoms with E-state index in [1.807, 2.05) is 13.8 Å². The van der Waals surface area contributed by atoms with Crippen LogP contribution in [-0.4, -0.2) is 34.7 Å². The number of rotatable bonds is 5. The normalized spacial score (nSPS) is 18.6. The molecular weight excluding hydrogens is 436 g/mol. The van der Waals surface area contributed by atoms with Crippen molar-refractivity contribution in [1.29, 1.82) is 0 Å². The van der Waals surface area contributed by atoms with Gasteiger partial charge in [0.05, 0.1) is 17.7 Å². The van der Waals surface area contributed by atoms with Crippen molar-refractivity contribution in [2.24, 2.45) is 0 Å². The maximum atomic E-state index is 13.2. The number of aliphatic hydroxyl groups is 1. The van der Waals surface area contributed by atoms with E-state index in [1.54, 1.807) is 66.9 Å². The third-order valence-corrected chi connectivity index (χ3v) is 5.55. The van der Waals surface area contributed by atoms with Crippen molar-refractivity contribution in [2.75, 3.05) is 11.7 Å². The zero-order valence-electron chi connectivity index (χ0n) is 18.6. The molecule has 8 heteroatoms. The third-order valence-electron chi connectivity index (χ3n) is 5.55. The van der Waals surface area contributed by atoms with Crippen molar-refractivity contribution < 1.29 is 28.9 Å². The van der Waals surface area contributed by atoms with Gasteiger partial charge in [-0.15, -0.1) is 0 Å². The molecule has 0 saturated carbocycles. The Morgan fingerprint density at radius 1 is 1.06 bits per heavy atom. The standard InChI is InChI=1S/C26H22N2O6/c1-15(2)34-18-9-6-16(7-10-18)24(29)22-23(17-8-11-19-20(13-17)33-14-32-19)28(26(31)25(22)30)21-5-3-4-12-27-21/h3-13,15,23,29H,14H2,1-2H3/b24-22-. The summed E-state index contributed by atoms with van der Waals surface area (Å²) in [4.78, 5) is 31.9. The van der Waals surface area contributed by atoms with Crippen LogP contribution >= 0.6 is 0 Å². The van der Waals surface area contributed by atoms with Crippen molar-refractivity contribution in [3.8, 4) is 17.2 Å². The molecule has 1 N–H and O–H groups in total. The summed E-state index contributed by atoms with van der Waals surface area (Å²) in [5, 5.41) is 11.2.